The van der Waals surface area contributed by atoms with Gasteiger partial charge in [0.15, 0.2) is 5.17 Å². The summed E-state index contributed by atoms with van der Waals surface area (Å²) in [6.45, 7) is 1.82. The van der Waals surface area contributed by atoms with Gasteiger partial charge in [-0.3, -0.25) is 14.4 Å². The van der Waals surface area contributed by atoms with Crippen molar-refractivity contribution in [2.75, 3.05) is 0 Å². The van der Waals surface area contributed by atoms with E-state index in [9.17, 15) is 14.4 Å². The molecule has 1 saturated carbocycles. The lowest BCUT2D eigenvalue weighted by Gasteiger charge is -2.24. The Labute approximate surface area is 147 Å². The molecule has 0 radical (unpaired) electrons. The van der Waals surface area contributed by atoms with Gasteiger partial charge in [0.1, 0.15) is 16.4 Å². The molecule has 134 valence electrons. The molecule has 9 nitrogen and oxygen atoms in total. The van der Waals surface area contributed by atoms with Crippen molar-refractivity contribution in [3.05, 3.63) is 11.1 Å². The van der Waals surface area contributed by atoms with E-state index in [1.165, 1.54) is 0 Å². The van der Waals surface area contributed by atoms with Crippen molar-refractivity contribution in [2.24, 2.45) is 15.9 Å². The Morgan fingerprint density at radius 1 is 1.40 bits per heavy atom. The van der Waals surface area contributed by atoms with E-state index in [4.69, 9.17) is 15.6 Å². The summed E-state index contributed by atoms with van der Waals surface area (Å²) in [4.78, 5) is 34.2. The van der Waals surface area contributed by atoms with E-state index in [1.54, 1.807) is 0 Å². The van der Waals surface area contributed by atoms with Crippen LogP contribution in [0.2, 0.25) is 0 Å². The van der Waals surface area contributed by atoms with Gasteiger partial charge in [-0.05, 0) is 38.2 Å². The number of carboxylic acids is 1. The highest BCUT2D eigenvalue weighted by molar-refractivity contribution is 8.15. The predicted octanol–water partition coefficient (Wildman–Crippen LogP) is 0.507. The number of carbonyl (C=O) groups excluding carboxylic acids is 2. The Kier molecular flexibility index (Phi) is 4.55. The fourth-order valence-corrected chi connectivity index (χ4v) is 4.23. The van der Waals surface area contributed by atoms with Crippen LogP contribution < -0.4 is 11.1 Å². The molecule has 0 bridgehead atoms. The highest BCUT2D eigenvalue weighted by Crippen LogP contribution is 2.45. The molecule has 1 aliphatic carbocycles. The van der Waals surface area contributed by atoms with Crippen LogP contribution in [-0.2, 0) is 19.1 Å². The van der Waals surface area contributed by atoms with E-state index in [1.807, 2.05) is 6.92 Å². The molecule has 3 rings (SSSR count). The maximum atomic E-state index is 11.8. The lowest BCUT2D eigenvalue weighted by molar-refractivity contribution is -0.138. The van der Waals surface area contributed by atoms with Gasteiger partial charge < -0.3 is 20.9 Å². The number of hydrogen-bond acceptors (Lipinski definition) is 7. The Morgan fingerprint density at radius 3 is 2.68 bits per heavy atom. The summed E-state index contributed by atoms with van der Waals surface area (Å²) in [5.74, 6) is -2.09. The zero-order chi connectivity index (χ0) is 18.2. The molecule has 25 heavy (non-hydrogen) atoms. The Morgan fingerprint density at radius 2 is 2.08 bits per heavy atom. The van der Waals surface area contributed by atoms with E-state index in [0.717, 1.165) is 43.0 Å². The second-order valence-electron chi connectivity index (χ2n) is 6.17. The molecule has 10 heteroatoms. The number of carboxylic acid groups (broad SMARTS) is 1. The average Bonchev–Trinajstić information content (AvgIpc) is 3.19. The van der Waals surface area contributed by atoms with E-state index < -0.39 is 28.6 Å². The average molecular weight is 366 g/mol. The number of amidine groups is 1. The molecule has 4 N–H and O–H groups in total. The zero-order valence-electron chi connectivity index (χ0n) is 13.6. The largest absolute Gasteiger partial charge is 0.481 e. The van der Waals surface area contributed by atoms with Gasteiger partial charge >= 0.3 is 5.97 Å². The maximum absolute atomic E-state index is 11.8. The number of aliphatic carboxylic acids is 1. The number of amides is 2. The number of hydrogen-bond donors (Lipinski definition) is 3. The van der Waals surface area contributed by atoms with Crippen LogP contribution in [0, 0.1) is 0 Å². The molecule has 2 heterocycles. The van der Waals surface area contributed by atoms with Gasteiger partial charge in [0, 0.05) is 0 Å². The first-order chi connectivity index (χ1) is 11.8. The number of rotatable bonds is 4. The minimum Gasteiger partial charge on any atom is -0.481 e. The fraction of sp³-hybridized carbons (Fsp3) is 0.533. The molecular formula is C15H18N4O5S. The van der Waals surface area contributed by atoms with Crippen LogP contribution in [0.3, 0.4) is 0 Å². The molecule has 3 aliphatic rings. The molecule has 0 aromatic heterocycles. The molecule has 1 spiro atoms. The van der Waals surface area contributed by atoms with Crippen molar-refractivity contribution < 1.29 is 24.2 Å². The lowest BCUT2D eigenvalue weighted by atomic mass is 9.91. The number of nitrogens with one attached hydrogen (secondary N) is 1. The summed E-state index contributed by atoms with van der Waals surface area (Å²) in [6.07, 6.45) is 3.26. The topological polar surface area (TPSA) is 143 Å². The second-order valence-corrected chi connectivity index (χ2v) is 7.36. The molecule has 0 aromatic rings. The first-order valence-corrected chi connectivity index (χ1v) is 8.76. The van der Waals surface area contributed by atoms with E-state index >= 15 is 0 Å². The van der Waals surface area contributed by atoms with Crippen LogP contribution in [0.25, 0.3) is 0 Å². The van der Waals surface area contributed by atoms with E-state index in [0.29, 0.717) is 0 Å². The van der Waals surface area contributed by atoms with E-state index in [-0.39, 0.29) is 23.1 Å². The normalized spacial score (nSPS) is 28.0. The lowest BCUT2D eigenvalue weighted by Crippen LogP contribution is -2.27. The quantitative estimate of drug-likeness (QED) is 0.618. The van der Waals surface area contributed by atoms with Gasteiger partial charge in [-0.1, -0.05) is 11.8 Å². The molecule has 0 aromatic carbocycles. The van der Waals surface area contributed by atoms with Gasteiger partial charge in [0.2, 0.25) is 11.8 Å². The third kappa shape index (κ3) is 3.26. The van der Waals surface area contributed by atoms with Gasteiger partial charge in [0.05, 0.1) is 6.42 Å². The summed E-state index contributed by atoms with van der Waals surface area (Å²) >= 11 is 0.978. The first kappa shape index (κ1) is 17.5. The highest BCUT2D eigenvalue weighted by atomic mass is 32.2. The molecule has 1 unspecified atom stereocenters. The van der Waals surface area contributed by atoms with Crippen molar-refractivity contribution in [3.8, 4) is 0 Å². The summed E-state index contributed by atoms with van der Waals surface area (Å²) in [7, 11) is 0. The number of primary amides is 1. The molecular weight excluding hydrogens is 348 g/mol. The summed E-state index contributed by atoms with van der Waals surface area (Å²) in [6, 6.07) is 0. The van der Waals surface area contributed by atoms with Crippen molar-refractivity contribution in [2.45, 2.75) is 49.9 Å². The Bertz CT molecular complexity index is 736. The maximum Gasteiger partial charge on any atom is 0.305 e. The minimum atomic E-state index is -1.07. The van der Waals surface area contributed by atoms with Crippen molar-refractivity contribution in [1.29, 1.82) is 0 Å². The van der Waals surface area contributed by atoms with Crippen LogP contribution >= 0.6 is 11.8 Å². The van der Waals surface area contributed by atoms with Crippen molar-refractivity contribution >= 4 is 40.6 Å². The van der Waals surface area contributed by atoms with Gasteiger partial charge in [-0.25, -0.2) is 0 Å². The SMILES string of the molecule is CC1=C(C(N)=O)C(=NN=C2NC(=O)C(CC(=O)O)S2)OC12CCCC2. The fourth-order valence-electron chi connectivity index (χ4n) is 3.32. The number of carbonyl (C=O) groups is 3. The van der Waals surface area contributed by atoms with E-state index in [2.05, 4.69) is 15.5 Å². The third-order valence-corrected chi connectivity index (χ3v) is 5.66. The molecule has 1 atom stereocenters. The molecule has 2 fully saturated rings. The smallest absolute Gasteiger partial charge is 0.305 e. The van der Waals surface area contributed by atoms with Gasteiger partial charge in [0.25, 0.3) is 5.91 Å². The first-order valence-electron chi connectivity index (χ1n) is 7.88. The van der Waals surface area contributed by atoms with Crippen LogP contribution in [0.4, 0.5) is 0 Å². The summed E-state index contributed by atoms with van der Waals surface area (Å²) in [5, 5.41) is 18.5. The van der Waals surface area contributed by atoms with Gasteiger partial charge in [-0.2, -0.15) is 0 Å². The Hall–Kier alpha value is -2.36. The standard InChI is InChI=1S/C15H18N4O5S/c1-7-10(11(16)22)13(24-15(7)4-2-3-5-15)18-19-14-17-12(23)8(25-14)6-9(20)21/h8H,2-6H2,1H3,(H2,16,22)(H,20,21)(H,17,19,23). The Balaban J connectivity index is 1.83. The van der Waals surface area contributed by atoms with Gasteiger partial charge in [-0.15, -0.1) is 10.2 Å². The third-order valence-electron chi connectivity index (χ3n) is 4.59. The number of nitrogens with two attached hydrogens (primary N) is 1. The van der Waals surface area contributed by atoms with Crippen molar-refractivity contribution in [3.63, 3.8) is 0 Å². The number of ether oxygens (including phenoxy) is 1. The summed E-state index contributed by atoms with van der Waals surface area (Å²) < 4.78 is 5.93. The second kappa shape index (κ2) is 6.51. The molecule has 2 aliphatic heterocycles. The number of thioether (sulfide) groups is 1. The molecule has 2 amide bonds. The monoisotopic (exact) mass is 366 g/mol. The number of nitrogens with zero attached hydrogens (tertiary/aromatic N) is 2. The van der Waals surface area contributed by atoms with Crippen LogP contribution in [-0.4, -0.2) is 44.8 Å². The predicted molar refractivity (Wildman–Crippen MR) is 90.8 cm³/mol. The van der Waals surface area contributed by atoms with Crippen LogP contribution in [0.5, 0.6) is 0 Å². The van der Waals surface area contributed by atoms with Crippen LogP contribution in [0.15, 0.2) is 21.3 Å². The van der Waals surface area contributed by atoms with Crippen molar-refractivity contribution in [1.82, 2.24) is 5.32 Å². The molecule has 1 saturated heterocycles. The minimum absolute atomic E-state index is 0.0518. The zero-order valence-corrected chi connectivity index (χ0v) is 14.4. The summed E-state index contributed by atoms with van der Waals surface area (Å²) in [5.41, 5.74) is 5.92. The highest BCUT2D eigenvalue weighted by Gasteiger charge is 2.47. The van der Waals surface area contributed by atoms with Crippen LogP contribution in [0.1, 0.15) is 39.0 Å².